The van der Waals surface area contributed by atoms with Crippen molar-refractivity contribution in [2.24, 2.45) is 5.92 Å². The maximum Gasteiger partial charge on any atom is 0.253 e. The summed E-state index contributed by atoms with van der Waals surface area (Å²) >= 11 is 0. The average molecular weight is 423 g/mol. The second-order valence-corrected chi connectivity index (χ2v) is 9.08. The molecule has 5 nitrogen and oxygen atoms in total. The van der Waals surface area contributed by atoms with Gasteiger partial charge in [0.25, 0.3) is 5.91 Å². The lowest BCUT2D eigenvalue weighted by atomic mass is 9.97. The van der Waals surface area contributed by atoms with Crippen molar-refractivity contribution < 1.29 is 13.2 Å². The van der Waals surface area contributed by atoms with Crippen LogP contribution in [0, 0.1) is 5.92 Å². The number of hydrogen-bond donors (Lipinski definition) is 1. The highest BCUT2D eigenvalue weighted by atomic mass is 35.5. The van der Waals surface area contributed by atoms with Gasteiger partial charge < -0.3 is 10.2 Å². The van der Waals surface area contributed by atoms with Gasteiger partial charge >= 0.3 is 0 Å². The Labute approximate surface area is 173 Å². The van der Waals surface area contributed by atoms with Gasteiger partial charge in [0, 0.05) is 18.7 Å². The van der Waals surface area contributed by atoms with Gasteiger partial charge in [-0.3, -0.25) is 4.79 Å². The molecule has 1 heterocycles. The maximum absolute atomic E-state index is 12.9. The van der Waals surface area contributed by atoms with Gasteiger partial charge in [-0.2, -0.15) is 0 Å². The molecule has 0 aliphatic carbocycles. The molecule has 28 heavy (non-hydrogen) atoms. The number of piperidine rings is 1. The van der Waals surface area contributed by atoms with Gasteiger partial charge in [-0.1, -0.05) is 30.3 Å². The molecule has 152 valence electrons. The van der Waals surface area contributed by atoms with Crippen LogP contribution in [0.2, 0.25) is 0 Å². The minimum absolute atomic E-state index is 0. The van der Waals surface area contributed by atoms with Crippen LogP contribution in [-0.2, 0) is 15.6 Å². The first-order chi connectivity index (χ1) is 13.0. The molecule has 0 aromatic heterocycles. The van der Waals surface area contributed by atoms with Gasteiger partial charge in [-0.15, -0.1) is 12.4 Å². The van der Waals surface area contributed by atoms with Crippen molar-refractivity contribution >= 4 is 28.2 Å². The van der Waals surface area contributed by atoms with Gasteiger partial charge in [0.05, 0.1) is 10.6 Å². The van der Waals surface area contributed by atoms with Crippen molar-refractivity contribution in [1.29, 1.82) is 0 Å². The van der Waals surface area contributed by atoms with Crippen molar-refractivity contribution in [3.05, 3.63) is 65.7 Å². The zero-order valence-corrected chi connectivity index (χ0v) is 17.6. The Bertz CT molecular complexity index is 886. The molecule has 2 aromatic carbocycles. The van der Waals surface area contributed by atoms with Crippen LogP contribution >= 0.6 is 12.4 Å². The molecule has 1 unspecified atom stereocenters. The highest BCUT2D eigenvalue weighted by Crippen LogP contribution is 2.20. The van der Waals surface area contributed by atoms with Crippen molar-refractivity contribution in [3.8, 4) is 0 Å². The number of nitrogens with one attached hydrogen (secondary N) is 1. The third kappa shape index (κ3) is 5.56. The third-order valence-electron chi connectivity index (χ3n) is 4.93. The third-order valence-corrected chi connectivity index (χ3v) is 6.64. The van der Waals surface area contributed by atoms with E-state index in [1.807, 2.05) is 11.9 Å². The zero-order valence-electron chi connectivity index (χ0n) is 16.0. The average Bonchev–Trinajstić information content (AvgIpc) is 2.68. The van der Waals surface area contributed by atoms with E-state index in [1.165, 1.54) is 0 Å². The minimum Gasteiger partial charge on any atom is -0.338 e. The number of halogens is 1. The first-order valence-corrected chi connectivity index (χ1v) is 11.0. The molecular formula is C21H27ClN2O3S. The van der Waals surface area contributed by atoms with Crippen molar-refractivity contribution in [1.82, 2.24) is 10.2 Å². The molecule has 1 N–H and O–H groups in total. The Balaban J connectivity index is 0.00000280. The van der Waals surface area contributed by atoms with Crippen LogP contribution in [0.4, 0.5) is 0 Å². The molecule has 1 saturated heterocycles. The SMILES string of the molecule is CNCC1CCCN(C(=O)c2cccc(CS(=O)(=O)c3ccccc3)c2)C1.Cl. The molecular weight excluding hydrogens is 396 g/mol. The van der Waals surface area contributed by atoms with E-state index in [0.717, 1.165) is 32.5 Å². The fourth-order valence-electron chi connectivity index (χ4n) is 3.61. The van der Waals surface area contributed by atoms with Crippen LogP contribution < -0.4 is 5.32 Å². The highest BCUT2D eigenvalue weighted by molar-refractivity contribution is 7.90. The summed E-state index contributed by atoms with van der Waals surface area (Å²) in [6.45, 7) is 2.40. The predicted octanol–water partition coefficient (Wildman–Crippen LogP) is 3.15. The number of carbonyl (C=O) groups is 1. The Morgan fingerprint density at radius 2 is 1.89 bits per heavy atom. The molecule has 0 spiro atoms. The van der Waals surface area contributed by atoms with Crippen LogP contribution in [-0.4, -0.2) is 45.9 Å². The molecule has 3 rings (SSSR count). The fourth-order valence-corrected chi connectivity index (χ4v) is 4.97. The van der Waals surface area contributed by atoms with E-state index < -0.39 is 9.84 Å². The normalized spacial score (nSPS) is 17.0. The number of nitrogens with zero attached hydrogens (tertiary/aromatic N) is 1. The topological polar surface area (TPSA) is 66.5 Å². The van der Waals surface area contributed by atoms with Gasteiger partial charge in [0.1, 0.15) is 0 Å². The predicted molar refractivity (Wildman–Crippen MR) is 114 cm³/mol. The van der Waals surface area contributed by atoms with E-state index in [0.29, 0.717) is 21.9 Å². The van der Waals surface area contributed by atoms with E-state index in [9.17, 15) is 13.2 Å². The standard InChI is InChI=1S/C21H26N2O3S.ClH/c1-22-14-18-8-6-12-23(15-18)21(24)19-9-5-7-17(13-19)16-27(25,26)20-10-3-2-4-11-20;/h2-5,7,9-11,13,18,22H,6,8,12,14-16H2,1H3;1H. The number of sulfone groups is 1. The second kappa shape index (κ2) is 10.0. The molecule has 0 saturated carbocycles. The highest BCUT2D eigenvalue weighted by Gasteiger charge is 2.24. The first-order valence-electron chi connectivity index (χ1n) is 9.30. The van der Waals surface area contributed by atoms with E-state index >= 15 is 0 Å². The van der Waals surface area contributed by atoms with Crippen molar-refractivity contribution in [2.75, 3.05) is 26.7 Å². The first kappa shape index (κ1) is 22.4. The molecule has 0 radical (unpaired) electrons. The largest absolute Gasteiger partial charge is 0.338 e. The fraction of sp³-hybridized carbons (Fsp3) is 0.381. The molecule has 1 fully saturated rings. The van der Waals surface area contributed by atoms with E-state index in [-0.39, 0.29) is 24.1 Å². The Morgan fingerprint density at radius 3 is 2.61 bits per heavy atom. The van der Waals surface area contributed by atoms with E-state index in [2.05, 4.69) is 5.32 Å². The number of carbonyl (C=O) groups excluding carboxylic acids is 1. The molecule has 1 amide bonds. The summed E-state index contributed by atoms with van der Waals surface area (Å²) in [6, 6.07) is 15.4. The summed E-state index contributed by atoms with van der Waals surface area (Å²) in [5, 5.41) is 3.18. The smallest absolute Gasteiger partial charge is 0.253 e. The summed E-state index contributed by atoms with van der Waals surface area (Å²) < 4.78 is 25.2. The van der Waals surface area contributed by atoms with Gasteiger partial charge in [-0.05, 0) is 62.2 Å². The number of likely N-dealkylation sites (tertiary alicyclic amines) is 1. The lowest BCUT2D eigenvalue weighted by Gasteiger charge is -2.32. The Hall–Kier alpha value is -1.89. The number of amides is 1. The van der Waals surface area contributed by atoms with Gasteiger partial charge in [0.15, 0.2) is 9.84 Å². The summed E-state index contributed by atoms with van der Waals surface area (Å²) in [5.41, 5.74) is 1.19. The van der Waals surface area contributed by atoms with Crippen LogP contribution in [0.1, 0.15) is 28.8 Å². The molecule has 7 heteroatoms. The van der Waals surface area contributed by atoms with Gasteiger partial charge in [-0.25, -0.2) is 8.42 Å². The lowest BCUT2D eigenvalue weighted by molar-refractivity contribution is 0.0674. The molecule has 1 atom stereocenters. The summed E-state index contributed by atoms with van der Waals surface area (Å²) in [4.78, 5) is 15.1. The molecule has 2 aromatic rings. The summed E-state index contributed by atoms with van der Waals surface area (Å²) in [7, 11) is -1.50. The lowest BCUT2D eigenvalue weighted by Crippen LogP contribution is -2.42. The molecule has 0 bridgehead atoms. The van der Waals surface area contributed by atoms with Crippen LogP contribution in [0.5, 0.6) is 0 Å². The maximum atomic E-state index is 12.9. The van der Waals surface area contributed by atoms with Crippen LogP contribution in [0.25, 0.3) is 0 Å². The Kier molecular flexibility index (Phi) is 8.04. The minimum atomic E-state index is -3.43. The summed E-state index contributed by atoms with van der Waals surface area (Å²) in [6.07, 6.45) is 2.13. The monoisotopic (exact) mass is 422 g/mol. The van der Waals surface area contributed by atoms with Crippen molar-refractivity contribution in [2.45, 2.75) is 23.5 Å². The van der Waals surface area contributed by atoms with Crippen LogP contribution in [0.15, 0.2) is 59.5 Å². The second-order valence-electron chi connectivity index (χ2n) is 7.09. The van der Waals surface area contributed by atoms with E-state index in [1.54, 1.807) is 54.6 Å². The van der Waals surface area contributed by atoms with Crippen molar-refractivity contribution in [3.63, 3.8) is 0 Å². The zero-order chi connectivity index (χ0) is 19.3. The Morgan fingerprint density at radius 1 is 1.14 bits per heavy atom. The number of benzene rings is 2. The number of rotatable bonds is 6. The van der Waals surface area contributed by atoms with Crippen LogP contribution in [0.3, 0.4) is 0 Å². The molecule has 1 aliphatic heterocycles. The quantitative estimate of drug-likeness (QED) is 0.776. The van der Waals surface area contributed by atoms with Gasteiger partial charge in [0.2, 0.25) is 0 Å². The summed E-state index contributed by atoms with van der Waals surface area (Å²) in [5.74, 6) is 0.338. The number of hydrogen-bond acceptors (Lipinski definition) is 4. The molecule has 1 aliphatic rings. The van der Waals surface area contributed by atoms with E-state index in [4.69, 9.17) is 0 Å².